The molecule has 0 saturated heterocycles. The lowest BCUT2D eigenvalue weighted by Gasteiger charge is -2.19. The summed E-state index contributed by atoms with van der Waals surface area (Å²) in [5, 5.41) is 4.06. The minimum atomic E-state index is -0.680. The highest BCUT2D eigenvalue weighted by Crippen LogP contribution is 2.29. The van der Waals surface area contributed by atoms with Crippen molar-refractivity contribution in [2.24, 2.45) is 5.92 Å². The van der Waals surface area contributed by atoms with Gasteiger partial charge in [-0.2, -0.15) is 0 Å². The van der Waals surface area contributed by atoms with Crippen molar-refractivity contribution < 1.29 is 14.3 Å². The number of esters is 1. The maximum atomic E-state index is 13.4. The largest absolute Gasteiger partial charge is 0.489 e. The van der Waals surface area contributed by atoms with E-state index >= 15 is 0 Å². The number of hydrogen-bond acceptors (Lipinski definition) is 6. The summed E-state index contributed by atoms with van der Waals surface area (Å²) in [4.78, 5) is 38.2. The van der Waals surface area contributed by atoms with Gasteiger partial charge in [-0.1, -0.05) is 42.3 Å². The molecule has 1 N–H and O–H groups in total. The maximum Gasteiger partial charge on any atom is 0.332 e. The van der Waals surface area contributed by atoms with Gasteiger partial charge >= 0.3 is 11.7 Å². The summed E-state index contributed by atoms with van der Waals surface area (Å²) in [6.07, 6.45) is -0.0455. The van der Waals surface area contributed by atoms with Gasteiger partial charge in [-0.3, -0.25) is 18.7 Å². The molecule has 0 amide bonds. The smallest absolute Gasteiger partial charge is 0.332 e. The number of benzene rings is 2. The third-order valence-electron chi connectivity index (χ3n) is 5.16. The van der Waals surface area contributed by atoms with Crippen molar-refractivity contribution in [2.75, 3.05) is 12.4 Å². The van der Waals surface area contributed by atoms with Crippen LogP contribution in [0.4, 0.5) is 11.5 Å². The molecule has 10 heteroatoms. The molecule has 1 atom stereocenters. The molecule has 0 aliphatic rings. The van der Waals surface area contributed by atoms with Crippen LogP contribution in [0.3, 0.4) is 0 Å². The summed E-state index contributed by atoms with van der Waals surface area (Å²) >= 11 is 12.4. The van der Waals surface area contributed by atoms with Gasteiger partial charge in [-0.25, -0.2) is 4.79 Å². The summed E-state index contributed by atoms with van der Waals surface area (Å²) in [6, 6.07) is 13.4. The Morgan fingerprint density at radius 2 is 1.69 bits per heavy atom. The van der Waals surface area contributed by atoms with Gasteiger partial charge in [0.15, 0.2) is 0 Å². The summed E-state index contributed by atoms with van der Waals surface area (Å²) < 4.78 is 12.8. The molecule has 0 fully saturated rings. The molecule has 0 radical (unpaired) electrons. The van der Waals surface area contributed by atoms with Crippen LogP contribution in [0.25, 0.3) is 0 Å². The molecule has 1 heterocycles. The molecule has 8 nitrogen and oxygen atoms in total. The molecular weight excluding hydrogens is 493 g/mol. The number of methoxy groups -OCH3 is 1. The summed E-state index contributed by atoms with van der Waals surface area (Å²) in [7, 11) is 1.26. The number of halogens is 2. The fourth-order valence-electron chi connectivity index (χ4n) is 3.44. The monoisotopic (exact) mass is 519 g/mol. The maximum absolute atomic E-state index is 13.4. The fourth-order valence-corrected chi connectivity index (χ4v) is 3.79. The van der Waals surface area contributed by atoms with E-state index in [1.807, 2.05) is 13.8 Å². The molecule has 3 rings (SSSR count). The molecule has 1 aromatic heterocycles. The highest BCUT2D eigenvalue weighted by molar-refractivity contribution is 6.32. The van der Waals surface area contributed by atoms with E-state index < -0.39 is 23.1 Å². The Hall–Kier alpha value is -3.23. The highest BCUT2D eigenvalue weighted by atomic mass is 35.5. The van der Waals surface area contributed by atoms with Crippen LogP contribution in [0, 0.1) is 5.92 Å². The summed E-state index contributed by atoms with van der Waals surface area (Å²) in [5.41, 5.74) is 0.239. The first-order valence-corrected chi connectivity index (χ1v) is 11.7. The van der Waals surface area contributed by atoms with E-state index in [9.17, 15) is 14.4 Å². The Morgan fingerprint density at radius 3 is 2.29 bits per heavy atom. The van der Waals surface area contributed by atoms with Crippen molar-refractivity contribution >= 4 is 40.7 Å². The molecule has 0 aliphatic carbocycles. The van der Waals surface area contributed by atoms with Crippen molar-refractivity contribution in [3.05, 3.63) is 85.0 Å². The van der Waals surface area contributed by atoms with E-state index in [0.29, 0.717) is 21.5 Å². The number of carbonyl (C=O) groups is 1. The Kier molecular flexibility index (Phi) is 8.64. The third-order valence-corrected chi connectivity index (χ3v) is 5.71. The average Bonchev–Trinajstić information content (AvgIpc) is 2.81. The van der Waals surface area contributed by atoms with Crippen molar-refractivity contribution in [3.63, 3.8) is 0 Å². The molecule has 2 aromatic carbocycles. The zero-order chi connectivity index (χ0) is 25.7. The second kappa shape index (κ2) is 11.5. The van der Waals surface area contributed by atoms with Crippen LogP contribution in [-0.2, 0) is 22.6 Å². The van der Waals surface area contributed by atoms with Gasteiger partial charge < -0.3 is 14.8 Å². The van der Waals surface area contributed by atoms with E-state index in [1.165, 1.54) is 17.7 Å². The van der Waals surface area contributed by atoms with Gasteiger partial charge in [0.05, 0.1) is 30.7 Å². The van der Waals surface area contributed by atoms with Crippen LogP contribution in [0.1, 0.15) is 26.3 Å². The van der Waals surface area contributed by atoms with Crippen molar-refractivity contribution in [1.82, 2.24) is 9.13 Å². The molecule has 0 unspecified atom stereocenters. The molecule has 35 heavy (non-hydrogen) atoms. The molecule has 0 saturated carbocycles. The first-order chi connectivity index (χ1) is 16.6. The zero-order valence-corrected chi connectivity index (χ0v) is 21.4. The minimum Gasteiger partial charge on any atom is -0.489 e. The van der Waals surface area contributed by atoms with Crippen LogP contribution in [0.15, 0.2) is 58.1 Å². The Balaban J connectivity index is 2.04. The molecule has 0 bridgehead atoms. The predicted octanol–water partition coefficient (Wildman–Crippen LogP) is 4.71. The summed E-state index contributed by atoms with van der Waals surface area (Å²) in [5.74, 6) is -0.398. The average molecular weight is 520 g/mol. The van der Waals surface area contributed by atoms with E-state index in [1.54, 1.807) is 49.4 Å². The van der Waals surface area contributed by atoms with Crippen molar-refractivity contribution in [3.8, 4) is 5.75 Å². The minimum absolute atomic E-state index is 0.0455. The van der Waals surface area contributed by atoms with Crippen LogP contribution in [-0.4, -0.2) is 28.3 Å². The molecule has 3 aromatic rings. The van der Waals surface area contributed by atoms with Crippen LogP contribution in [0.5, 0.6) is 5.75 Å². The van der Waals surface area contributed by atoms with E-state index in [0.717, 1.165) is 10.1 Å². The molecule has 186 valence electrons. The second-order valence-electron chi connectivity index (χ2n) is 8.33. The predicted molar refractivity (Wildman–Crippen MR) is 137 cm³/mol. The lowest BCUT2D eigenvalue weighted by atomic mass is 10.2. The number of rotatable bonds is 9. The van der Waals surface area contributed by atoms with Crippen molar-refractivity contribution in [1.29, 1.82) is 0 Å². The Bertz CT molecular complexity index is 1320. The number of aromatic nitrogens is 2. The van der Waals surface area contributed by atoms with Gasteiger partial charge in [0.2, 0.25) is 0 Å². The van der Waals surface area contributed by atoms with E-state index in [-0.39, 0.29) is 25.0 Å². The van der Waals surface area contributed by atoms with Crippen LogP contribution >= 0.6 is 23.2 Å². The van der Waals surface area contributed by atoms with Crippen LogP contribution < -0.4 is 21.3 Å². The van der Waals surface area contributed by atoms with E-state index in [4.69, 9.17) is 32.7 Å². The van der Waals surface area contributed by atoms with Crippen molar-refractivity contribution in [2.45, 2.75) is 40.0 Å². The first kappa shape index (κ1) is 26.4. The van der Waals surface area contributed by atoms with Gasteiger partial charge in [-0.15, -0.1) is 0 Å². The number of anilines is 2. The number of hydrogen-bond donors (Lipinski definition) is 1. The Labute approximate surface area is 213 Å². The third kappa shape index (κ3) is 6.68. The lowest BCUT2D eigenvalue weighted by Crippen LogP contribution is -2.42. The first-order valence-electron chi connectivity index (χ1n) is 11.0. The van der Waals surface area contributed by atoms with Gasteiger partial charge in [0.1, 0.15) is 11.6 Å². The standard InChI is InChI=1S/C25H27Cl2N3O5/c1-15(2)35-21-10-9-19(11-20(21)27)28-22-12-23(31)30(13-16(3)24(32)34-4)25(33)29(22)14-17-5-7-18(26)8-6-17/h5-12,15-16,28H,13-14H2,1-4H3/t16-/m0/s1. The normalized spacial score (nSPS) is 11.9. The van der Waals surface area contributed by atoms with E-state index in [2.05, 4.69) is 5.32 Å². The number of nitrogens with one attached hydrogen (secondary N) is 1. The quantitative estimate of drug-likeness (QED) is 0.411. The van der Waals surface area contributed by atoms with Gasteiger partial charge in [0.25, 0.3) is 5.56 Å². The number of nitrogens with zero attached hydrogens (tertiary/aromatic N) is 2. The number of ether oxygens (including phenoxy) is 2. The Morgan fingerprint density at radius 1 is 1.00 bits per heavy atom. The van der Waals surface area contributed by atoms with Gasteiger partial charge in [0, 0.05) is 23.3 Å². The van der Waals surface area contributed by atoms with Crippen LogP contribution in [0.2, 0.25) is 10.0 Å². The fraction of sp³-hybridized carbons (Fsp3) is 0.320. The highest BCUT2D eigenvalue weighted by Gasteiger charge is 2.19. The number of carbonyl (C=O) groups excluding carboxylic acids is 1. The SMILES string of the molecule is COC(=O)[C@@H](C)Cn1c(=O)cc(Nc2ccc(OC(C)C)c(Cl)c2)n(Cc2ccc(Cl)cc2)c1=O. The molecule has 0 aliphatic heterocycles. The molecular formula is C25H27Cl2N3O5. The topological polar surface area (TPSA) is 91.6 Å². The lowest BCUT2D eigenvalue weighted by molar-refractivity contribution is -0.145. The zero-order valence-electron chi connectivity index (χ0n) is 19.9. The molecule has 0 spiro atoms. The summed E-state index contributed by atoms with van der Waals surface area (Å²) in [6.45, 7) is 5.43. The van der Waals surface area contributed by atoms with Gasteiger partial charge in [-0.05, 0) is 49.7 Å². The second-order valence-corrected chi connectivity index (χ2v) is 9.18.